The Morgan fingerprint density at radius 1 is 1.76 bits per heavy atom. The second kappa shape index (κ2) is 5.24. The van der Waals surface area contributed by atoms with Gasteiger partial charge in [-0.25, -0.2) is 0 Å². The molecule has 94 valence electrons. The molecule has 7 heteroatoms. The van der Waals surface area contributed by atoms with E-state index in [4.69, 9.17) is 9.63 Å². The molecule has 0 aromatic carbocycles. The van der Waals surface area contributed by atoms with Crippen molar-refractivity contribution in [1.82, 2.24) is 20.8 Å². The lowest BCUT2D eigenvalue weighted by atomic mass is 10.2. The van der Waals surface area contributed by atoms with Gasteiger partial charge in [0.1, 0.15) is 0 Å². The molecule has 0 aliphatic carbocycles. The molecule has 1 aliphatic rings. The first-order valence-corrected chi connectivity index (χ1v) is 5.69. The molecule has 0 spiro atoms. The number of rotatable bonds is 4. The van der Waals surface area contributed by atoms with Crippen molar-refractivity contribution in [1.29, 1.82) is 0 Å². The number of nitrogens with one attached hydrogen (secondary N) is 2. The minimum atomic E-state index is -0.431. The van der Waals surface area contributed by atoms with Crippen LogP contribution in [-0.4, -0.2) is 40.3 Å². The first kappa shape index (κ1) is 12.0. The van der Waals surface area contributed by atoms with Crippen LogP contribution in [0, 0.1) is 0 Å². The fourth-order valence-corrected chi connectivity index (χ4v) is 1.70. The highest BCUT2D eigenvalue weighted by Crippen LogP contribution is 2.20. The molecule has 2 atom stereocenters. The predicted molar refractivity (Wildman–Crippen MR) is 58.3 cm³/mol. The van der Waals surface area contributed by atoms with Crippen LogP contribution in [0.4, 0.5) is 0 Å². The molecule has 2 heterocycles. The minimum absolute atomic E-state index is 0.00833. The largest absolute Gasteiger partial charge is 0.394 e. The Bertz CT molecular complexity index is 387. The number of aliphatic hydroxyl groups is 1. The van der Waals surface area contributed by atoms with Crippen LogP contribution >= 0.6 is 0 Å². The van der Waals surface area contributed by atoms with E-state index in [9.17, 15) is 4.79 Å². The zero-order valence-electron chi connectivity index (χ0n) is 9.64. The average molecular weight is 240 g/mol. The van der Waals surface area contributed by atoms with Gasteiger partial charge < -0.3 is 20.3 Å². The average Bonchev–Trinajstić information content (AvgIpc) is 2.98. The summed E-state index contributed by atoms with van der Waals surface area (Å²) >= 11 is 0. The zero-order valence-corrected chi connectivity index (χ0v) is 9.64. The number of carbonyl (C=O) groups is 1. The van der Waals surface area contributed by atoms with Crippen molar-refractivity contribution in [2.24, 2.45) is 0 Å². The molecule has 17 heavy (non-hydrogen) atoms. The Morgan fingerprint density at radius 2 is 2.59 bits per heavy atom. The molecule has 7 nitrogen and oxygen atoms in total. The number of hydrogen-bond acceptors (Lipinski definition) is 6. The summed E-state index contributed by atoms with van der Waals surface area (Å²) in [6.07, 6.45) is 2.01. The van der Waals surface area contributed by atoms with Crippen molar-refractivity contribution < 1.29 is 14.4 Å². The van der Waals surface area contributed by atoms with E-state index in [0.717, 1.165) is 19.4 Å². The highest BCUT2D eigenvalue weighted by atomic mass is 16.5. The summed E-state index contributed by atoms with van der Waals surface area (Å²) in [4.78, 5) is 15.7. The molecule has 0 radical (unpaired) electrons. The maximum atomic E-state index is 11.6. The van der Waals surface area contributed by atoms with E-state index in [1.165, 1.54) is 0 Å². The van der Waals surface area contributed by atoms with E-state index in [2.05, 4.69) is 20.8 Å². The molecule has 1 unspecified atom stereocenters. The standard InChI is InChI=1S/C10H16N4O3/c1-6(5-15)12-9(16)8-13-10(17-14-8)7-3-2-4-11-7/h6-7,11,15H,2-5H2,1H3,(H,12,16)/t6-,7?/m1/s1. The van der Waals surface area contributed by atoms with E-state index in [0.29, 0.717) is 5.89 Å². The van der Waals surface area contributed by atoms with Crippen LogP contribution in [0.5, 0.6) is 0 Å². The second-order valence-electron chi connectivity index (χ2n) is 4.16. The van der Waals surface area contributed by atoms with Crippen LogP contribution in [0.25, 0.3) is 0 Å². The van der Waals surface area contributed by atoms with Crippen molar-refractivity contribution >= 4 is 5.91 Å². The summed E-state index contributed by atoms with van der Waals surface area (Å²) < 4.78 is 5.04. The Labute approximate surface area is 98.6 Å². The second-order valence-corrected chi connectivity index (χ2v) is 4.16. The van der Waals surface area contributed by atoms with Crippen molar-refractivity contribution in [3.8, 4) is 0 Å². The summed E-state index contributed by atoms with van der Waals surface area (Å²) in [6, 6.07) is -0.270. The molecule has 1 fully saturated rings. The van der Waals surface area contributed by atoms with Crippen LogP contribution < -0.4 is 10.6 Å². The Balaban J connectivity index is 1.99. The molecule has 1 aromatic rings. The van der Waals surface area contributed by atoms with E-state index in [1.807, 2.05) is 0 Å². The molecule has 1 aromatic heterocycles. The lowest BCUT2D eigenvalue weighted by molar-refractivity contribution is 0.0908. The van der Waals surface area contributed by atoms with Gasteiger partial charge >= 0.3 is 0 Å². The number of nitrogens with zero attached hydrogens (tertiary/aromatic N) is 2. The summed E-state index contributed by atoms with van der Waals surface area (Å²) in [5.41, 5.74) is 0. The summed E-state index contributed by atoms with van der Waals surface area (Å²) in [6.45, 7) is 2.49. The van der Waals surface area contributed by atoms with Gasteiger partial charge in [0.15, 0.2) is 0 Å². The van der Waals surface area contributed by atoms with Crippen molar-refractivity contribution in [2.75, 3.05) is 13.2 Å². The molecule has 1 amide bonds. The first-order valence-electron chi connectivity index (χ1n) is 5.69. The monoisotopic (exact) mass is 240 g/mol. The number of hydrogen-bond donors (Lipinski definition) is 3. The molecule has 0 bridgehead atoms. The number of aliphatic hydroxyl groups excluding tert-OH is 1. The summed E-state index contributed by atoms with van der Waals surface area (Å²) in [5, 5.41) is 18.2. The number of amides is 1. The lowest BCUT2D eigenvalue weighted by Crippen LogP contribution is -2.35. The van der Waals surface area contributed by atoms with Crippen molar-refractivity contribution in [3.05, 3.63) is 11.7 Å². The van der Waals surface area contributed by atoms with Crippen LogP contribution in [0.1, 0.15) is 42.3 Å². The first-order chi connectivity index (χ1) is 8.20. The Kier molecular flexibility index (Phi) is 3.70. The fraction of sp³-hybridized carbons (Fsp3) is 0.700. The molecular formula is C10H16N4O3. The molecule has 1 saturated heterocycles. The third-order valence-electron chi connectivity index (χ3n) is 2.65. The van der Waals surface area contributed by atoms with Crippen molar-refractivity contribution in [2.45, 2.75) is 31.8 Å². The third-order valence-corrected chi connectivity index (χ3v) is 2.65. The predicted octanol–water partition coefficient (Wildman–Crippen LogP) is -0.395. The van der Waals surface area contributed by atoms with Gasteiger partial charge in [-0.1, -0.05) is 5.16 Å². The van der Waals surface area contributed by atoms with Gasteiger partial charge in [-0.2, -0.15) is 4.98 Å². The van der Waals surface area contributed by atoms with Gasteiger partial charge in [0.25, 0.3) is 11.7 Å². The van der Waals surface area contributed by atoms with Gasteiger partial charge in [-0.15, -0.1) is 0 Å². The Hall–Kier alpha value is -1.47. The van der Waals surface area contributed by atoms with Crippen LogP contribution in [0.3, 0.4) is 0 Å². The smallest absolute Gasteiger partial charge is 0.292 e. The van der Waals surface area contributed by atoms with Gasteiger partial charge in [0, 0.05) is 6.04 Å². The number of carbonyl (C=O) groups excluding carboxylic acids is 1. The van der Waals surface area contributed by atoms with E-state index >= 15 is 0 Å². The van der Waals surface area contributed by atoms with Crippen LogP contribution in [0.15, 0.2) is 4.52 Å². The SMILES string of the molecule is C[C@H](CO)NC(=O)c1noc(C2CCCN2)n1. The highest BCUT2D eigenvalue weighted by Gasteiger charge is 2.24. The lowest BCUT2D eigenvalue weighted by Gasteiger charge is -2.07. The van der Waals surface area contributed by atoms with Crippen molar-refractivity contribution in [3.63, 3.8) is 0 Å². The quantitative estimate of drug-likeness (QED) is 0.662. The fourth-order valence-electron chi connectivity index (χ4n) is 1.70. The maximum Gasteiger partial charge on any atom is 0.292 e. The third kappa shape index (κ3) is 2.80. The van der Waals surface area contributed by atoms with Crippen LogP contribution in [-0.2, 0) is 0 Å². The maximum absolute atomic E-state index is 11.6. The van der Waals surface area contributed by atoms with Gasteiger partial charge in [0.05, 0.1) is 12.6 Å². The Morgan fingerprint density at radius 3 is 3.24 bits per heavy atom. The molecule has 2 rings (SSSR count). The summed E-state index contributed by atoms with van der Waals surface area (Å²) in [5.74, 6) is 0.0258. The minimum Gasteiger partial charge on any atom is -0.394 e. The molecule has 3 N–H and O–H groups in total. The van der Waals surface area contributed by atoms with E-state index < -0.39 is 5.91 Å². The van der Waals surface area contributed by atoms with Gasteiger partial charge in [-0.3, -0.25) is 4.79 Å². The zero-order chi connectivity index (χ0) is 12.3. The van der Waals surface area contributed by atoms with Crippen LogP contribution in [0.2, 0.25) is 0 Å². The molecule has 0 saturated carbocycles. The van der Waals surface area contributed by atoms with E-state index in [1.54, 1.807) is 6.92 Å². The summed E-state index contributed by atoms with van der Waals surface area (Å²) in [7, 11) is 0. The topological polar surface area (TPSA) is 100 Å². The molecule has 1 aliphatic heterocycles. The highest BCUT2D eigenvalue weighted by molar-refractivity contribution is 5.90. The normalized spacial score (nSPS) is 21.4. The van der Waals surface area contributed by atoms with Gasteiger partial charge in [-0.05, 0) is 26.3 Å². The molecular weight excluding hydrogens is 224 g/mol. The van der Waals surface area contributed by atoms with Gasteiger partial charge in [0.2, 0.25) is 5.89 Å². The number of aromatic nitrogens is 2. The van der Waals surface area contributed by atoms with E-state index in [-0.39, 0.29) is 24.5 Å².